The molecule has 2 rings (SSSR count). The van der Waals surface area contributed by atoms with Crippen molar-refractivity contribution in [2.75, 3.05) is 18.5 Å². The largest absolute Gasteiger partial charge is 0.491 e. The van der Waals surface area contributed by atoms with Crippen LogP contribution in [0.3, 0.4) is 0 Å². The van der Waals surface area contributed by atoms with Gasteiger partial charge in [0.05, 0.1) is 0 Å². The zero-order valence-electron chi connectivity index (χ0n) is 12.3. The molecule has 112 valence electrons. The van der Waals surface area contributed by atoms with E-state index in [9.17, 15) is 5.11 Å². The summed E-state index contributed by atoms with van der Waals surface area (Å²) in [4.78, 5) is 0. The van der Waals surface area contributed by atoms with Gasteiger partial charge >= 0.3 is 0 Å². The van der Waals surface area contributed by atoms with Gasteiger partial charge in [-0.25, -0.2) is 0 Å². The first-order chi connectivity index (χ1) is 10.1. The minimum absolute atomic E-state index is 0.271. The van der Waals surface area contributed by atoms with Crippen LogP contribution in [0.25, 0.3) is 0 Å². The van der Waals surface area contributed by atoms with Crippen molar-refractivity contribution in [2.45, 2.75) is 20.0 Å². The van der Waals surface area contributed by atoms with Crippen LogP contribution in [-0.2, 0) is 0 Å². The van der Waals surface area contributed by atoms with Gasteiger partial charge in [-0.1, -0.05) is 34.1 Å². The van der Waals surface area contributed by atoms with Crippen LogP contribution in [0.4, 0.5) is 5.69 Å². The molecule has 0 amide bonds. The first kappa shape index (κ1) is 15.9. The van der Waals surface area contributed by atoms with Gasteiger partial charge in [0.25, 0.3) is 0 Å². The number of anilines is 1. The molecule has 0 aliphatic carbocycles. The molecule has 2 aromatic rings. The molecule has 21 heavy (non-hydrogen) atoms. The summed E-state index contributed by atoms with van der Waals surface area (Å²) in [6, 6.07) is 13.8. The fraction of sp³-hybridized carbons (Fsp3) is 0.294. The Morgan fingerprint density at radius 1 is 1.14 bits per heavy atom. The number of benzene rings is 2. The summed E-state index contributed by atoms with van der Waals surface area (Å²) >= 11 is 3.44. The predicted molar refractivity (Wildman–Crippen MR) is 90.0 cm³/mol. The molecule has 0 aliphatic heterocycles. The predicted octanol–water partition coefficient (Wildman–Crippen LogP) is 3.92. The second-order valence-electron chi connectivity index (χ2n) is 5.07. The van der Waals surface area contributed by atoms with Crippen molar-refractivity contribution in [3.8, 4) is 5.75 Å². The molecule has 1 atom stereocenters. The number of aliphatic hydroxyl groups excluding tert-OH is 1. The van der Waals surface area contributed by atoms with Crippen LogP contribution in [-0.4, -0.2) is 24.4 Å². The van der Waals surface area contributed by atoms with Gasteiger partial charge in [0.1, 0.15) is 18.5 Å². The molecule has 0 heterocycles. The second-order valence-corrected chi connectivity index (χ2v) is 5.99. The lowest BCUT2D eigenvalue weighted by Crippen LogP contribution is -2.26. The molecule has 0 saturated carbocycles. The summed E-state index contributed by atoms with van der Waals surface area (Å²) in [6.45, 7) is 4.75. The van der Waals surface area contributed by atoms with Crippen molar-refractivity contribution in [3.05, 3.63) is 58.1 Å². The molecule has 0 aromatic heterocycles. The number of ether oxygens (including phenoxy) is 1. The van der Waals surface area contributed by atoms with Gasteiger partial charge in [-0.2, -0.15) is 0 Å². The van der Waals surface area contributed by atoms with E-state index in [1.165, 1.54) is 0 Å². The van der Waals surface area contributed by atoms with E-state index in [1.54, 1.807) is 0 Å². The van der Waals surface area contributed by atoms with Gasteiger partial charge in [-0.3, -0.25) is 0 Å². The topological polar surface area (TPSA) is 41.5 Å². The third-order valence-electron chi connectivity index (χ3n) is 3.24. The number of nitrogens with one attached hydrogen (secondary N) is 1. The van der Waals surface area contributed by atoms with Crippen LogP contribution in [0.5, 0.6) is 5.75 Å². The molecule has 3 nitrogen and oxygen atoms in total. The highest BCUT2D eigenvalue weighted by Gasteiger charge is 2.07. The van der Waals surface area contributed by atoms with Crippen molar-refractivity contribution in [2.24, 2.45) is 0 Å². The van der Waals surface area contributed by atoms with E-state index in [2.05, 4.69) is 21.2 Å². The van der Waals surface area contributed by atoms with Crippen molar-refractivity contribution in [1.29, 1.82) is 0 Å². The average Bonchev–Trinajstić information content (AvgIpc) is 2.45. The minimum atomic E-state index is -0.562. The van der Waals surface area contributed by atoms with E-state index in [0.717, 1.165) is 27.0 Å². The molecule has 0 bridgehead atoms. The molecular formula is C17H20BrNO2. The number of aryl methyl sites for hydroxylation is 2. The van der Waals surface area contributed by atoms with Gasteiger partial charge < -0.3 is 15.2 Å². The molecule has 0 spiro atoms. The van der Waals surface area contributed by atoms with Crippen molar-refractivity contribution in [1.82, 2.24) is 0 Å². The maximum absolute atomic E-state index is 10.0. The molecule has 0 fully saturated rings. The Morgan fingerprint density at radius 2 is 1.90 bits per heavy atom. The summed E-state index contributed by atoms with van der Waals surface area (Å²) in [5.74, 6) is 0.816. The van der Waals surface area contributed by atoms with Gasteiger partial charge in [0, 0.05) is 16.7 Å². The first-order valence-corrected chi connectivity index (χ1v) is 7.72. The van der Waals surface area contributed by atoms with E-state index in [-0.39, 0.29) is 6.61 Å². The van der Waals surface area contributed by atoms with Gasteiger partial charge in [0.15, 0.2) is 0 Å². The third kappa shape index (κ3) is 4.76. The molecule has 2 N–H and O–H groups in total. The number of hydrogen-bond acceptors (Lipinski definition) is 3. The molecule has 0 radical (unpaired) electrons. The number of para-hydroxylation sites is 1. The smallest absolute Gasteiger partial charge is 0.122 e. The fourth-order valence-electron chi connectivity index (χ4n) is 2.02. The molecule has 0 saturated heterocycles. The summed E-state index contributed by atoms with van der Waals surface area (Å²) in [5.41, 5.74) is 3.23. The number of rotatable bonds is 6. The first-order valence-electron chi connectivity index (χ1n) is 6.93. The maximum atomic E-state index is 10.0. The molecule has 4 heteroatoms. The lowest BCUT2D eigenvalue weighted by Gasteiger charge is -2.16. The Morgan fingerprint density at radius 3 is 2.62 bits per heavy atom. The Balaban J connectivity index is 1.82. The van der Waals surface area contributed by atoms with Crippen LogP contribution in [0.2, 0.25) is 0 Å². The van der Waals surface area contributed by atoms with Crippen LogP contribution in [0.15, 0.2) is 46.9 Å². The van der Waals surface area contributed by atoms with Crippen LogP contribution in [0.1, 0.15) is 11.1 Å². The highest BCUT2D eigenvalue weighted by molar-refractivity contribution is 9.10. The van der Waals surface area contributed by atoms with Crippen molar-refractivity contribution in [3.63, 3.8) is 0 Å². The van der Waals surface area contributed by atoms with Crippen LogP contribution in [0, 0.1) is 13.8 Å². The normalized spacial score (nSPS) is 12.0. The monoisotopic (exact) mass is 349 g/mol. The van der Waals surface area contributed by atoms with Crippen LogP contribution >= 0.6 is 15.9 Å². The van der Waals surface area contributed by atoms with Gasteiger partial charge in [0.2, 0.25) is 0 Å². The highest BCUT2D eigenvalue weighted by atomic mass is 79.9. The molecular weight excluding hydrogens is 330 g/mol. The Labute approximate surface area is 134 Å². The summed E-state index contributed by atoms with van der Waals surface area (Å²) < 4.78 is 6.69. The van der Waals surface area contributed by atoms with Gasteiger partial charge in [-0.15, -0.1) is 0 Å². The zero-order chi connectivity index (χ0) is 15.2. The SMILES string of the molecule is Cc1cc(Br)ccc1NCC(O)COc1ccccc1C. The Bertz CT molecular complexity index is 601. The molecule has 2 aromatic carbocycles. The standard InChI is InChI=1S/C17H20BrNO2/c1-12-5-3-4-6-17(12)21-11-15(20)10-19-16-8-7-14(18)9-13(16)2/h3-9,15,19-20H,10-11H2,1-2H3. The van der Waals surface area contributed by atoms with E-state index >= 15 is 0 Å². The molecule has 0 aliphatic rings. The molecule has 1 unspecified atom stereocenters. The summed E-state index contributed by atoms with van der Waals surface area (Å²) in [5, 5.41) is 13.3. The lowest BCUT2D eigenvalue weighted by molar-refractivity contribution is 0.117. The Kier molecular flexibility index (Phi) is 5.65. The van der Waals surface area contributed by atoms with E-state index in [0.29, 0.717) is 6.54 Å². The van der Waals surface area contributed by atoms with Crippen LogP contribution < -0.4 is 10.1 Å². The summed E-state index contributed by atoms with van der Waals surface area (Å²) in [7, 11) is 0. The average molecular weight is 350 g/mol. The summed E-state index contributed by atoms with van der Waals surface area (Å²) in [6.07, 6.45) is -0.562. The number of hydrogen-bond donors (Lipinski definition) is 2. The zero-order valence-corrected chi connectivity index (χ0v) is 13.9. The third-order valence-corrected chi connectivity index (χ3v) is 3.73. The highest BCUT2D eigenvalue weighted by Crippen LogP contribution is 2.20. The quantitative estimate of drug-likeness (QED) is 0.830. The van der Waals surface area contributed by atoms with E-state index in [4.69, 9.17) is 4.74 Å². The minimum Gasteiger partial charge on any atom is -0.491 e. The van der Waals surface area contributed by atoms with Gasteiger partial charge in [-0.05, 0) is 49.2 Å². The number of aliphatic hydroxyl groups is 1. The number of halogens is 1. The van der Waals surface area contributed by atoms with Crippen molar-refractivity contribution >= 4 is 21.6 Å². The Hall–Kier alpha value is -1.52. The van der Waals surface area contributed by atoms with E-state index < -0.39 is 6.10 Å². The second kappa shape index (κ2) is 7.48. The lowest BCUT2D eigenvalue weighted by atomic mass is 10.2. The van der Waals surface area contributed by atoms with E-state index in [1.807, 2.05) is 56.3 Å². The van der Waals surface area contributed by atoms with Crippen molar-refractivity contribution < 1.29 is 9.84 Å². The fourth-order valence-corrected chi connectivity index (χ4v) is 2.49. The maximum Gasteiger partial charge on any atom is 0.122 e.